The first-order chi connectivity index (χ1) is 60.2. The average Bonchev–Trinajstić information content (AvgIpc) is 1.59. The summed E-state index contributed by atoms with van der Waals surface area (Å²) < 4.78 is 16.8. The van der Waals surface area contributed by atoms with E-state index in [-0.39, 0.29) is 0 Å². The van der Waals surface area contributed by atoms with Crippen LogP contribution < -0.4 is 23.2 Å². The fourth-order valence-corrected chi connectivity index (χ4v) is 18.3. The summed E-state index contributed by atoms with van der Waals surface area (Å²) in [4.78, 5) is 8.97. The van der Waals surface area contributed by atoms with E-state index in [4.69, 9.17) is 0 Å². The number of aromatic nitrogens is 8. The molecule has 5 aromatic heterocycles. The van der Waals surface area contributed by atoms with Gasteiger partial charge in [-0.25, -0.2) is 13.7 Å². The van der Waals surface area contributed by atoms with Crippen molar-refractivity contribution in [3.8, 4) is 73.6 Å². The fourth-order valence-electron chi connectivity index (χ4n) is 18.3. The Morgan fingerprint density at radius 1 is 0.296 bits per heavy atom. The zero-order valence-corrected chi connectivity index (χ0v) is 78.0. The summed E-state index contributed by atoms with van der Waals surface area (Å²) in [6.07, 6.45) is 8.53. The molecule has 0 amide bonds. The van der Waals surface area contributed by atoms with Crippen molar-refractivity contribution in [3.63, 3.8) is 0 Å². The van der Waals surface area contributed by atoms with E-state index in [0.29, 0.717) is 41.7 Å². The molecule has 0 bridgehead atoms. The molecular formula is C115H128N10+4. The molecular weight excluding hydrogens is 1520 g/mol. The molecule has 17 aromatic rings. The van der Waals surface area contributed by atoms with Gasteiger partial charge < -0.3 is 9.80 Å². The van der Waals surface area contributed by atoms with Gasteiger partial charge in [-0.3, -0.25) is 4.98 Å². The van der Waals surface area contributed by atoms with Crippen molar-refractivity contribution in [3.05, 3.63) is 377 Å². The number of hydrogen-bond donors (Lipinski definition) is 0. The lowest BCUT2D eigenvalue weighted by Crippen LogP contribution is -2.33. The second-order valence-electron chi connectivity index (χ2n) is 35.7. The number of benzene rings is 12. The van der Waals surface area contributed by atoms with Crippen LogP contribution >= 0.6 is 0 Å². The maximum absolute atomic E-state index is 4.48. The van der Waals surface area contributed by atoms with Crippen LogP contribution in [-0.2, 0) is 28.2 Å². The molecule has 1 atom stereocenters. The lowest BCUT2D eigenvalue weighted by molar-refractivity contribution is -0.634. The SMILES string of the molecule is Cc1ccccc1-c1ccc2ccccc2[n+]1C.Cc1ccccc1-c1n(-c2c(C(C)C)cccc2C(C)C)c2cc(-c3ccccc3)ccc2[n+]1C.Cc1ccccc1-c1n(-c2c(C(C)C)cccc2C(C)C)c2ccccc2[n+]1C.Cc1ccccc1-c1n(-c2c(C(C)C)cccc2C(C)C)c2cnccc2[n+]1C.Cc1ccccc1N1C=CN(C)[C@@H]1C. The maximum Gasteiger partial charge on any atom is 0.295 e. The number of imidazole rings is 3. The van der Waals surface area contributed by atoms with Gasteiger partial charge in [0.1, 0.15) is 30.3 Å². The Morgan fingerprint density at radius 2 is 0.664 bits per heavy atom. The van der Waals surface area contributed by atoms with E-state index in [1.807, 2.05) is 12.4 Å². The first-order valence-electron chi connectivity index (χ1n) is 44.9. The third-order valence-electron chi connectivity index (χ3n) is 25.3. The minimum Gasteiger partial charge on any atom is -0.359 e. The number of fused-ring (bicyclic) bond motifs is 4. The van der Waals surface area contributed by atoms with Gasteiger partial charge in [0.05, 0.1) is 44.0 Å². The highest BCUT2D eigenvalue weighted by Gasteiger charge is 2.36. The van der Waals surface area contributed by atoms with E-state index in [1.165, 1.54) is 179 Å². The van der Waals surface area contributed by atoms with E-state index in [0.717, 1.165) is 5.52 Å². The predicted molar refractivity (Wildman–Crippen MR) is 527 cm³/mol. The topological polar surface area (TPSA) is 49.7 Å². The highest BCUT2D eigenvalue weighted by atomic mass is 15.4. The number of hydrogen-bond acceptors (Lipinski definition) is 3. The third-order valence-corrected chi connectivity index (χ3v) is 25.3. The van der Waals surface area contributed by atoms with Crippen LogP contribution in [0.3, 0.4) is 0 Å². The Bertz CT molecular complexity index is 6470. The Kier molecular flexibility index (Phi) is 27.1. The van der Waals surface area contributed by atoms with Crippen molar-refractivity contribution in [2.75, 3.05) is 11.9 Å². The van der Waals surface area contributed by atoms with Gasteiger partial charge in [-0.05, 0) is 189 Å². The second kappa shape index (κ2) is 38.4. The van der Waals surface area contributed by atoms with Gasteiger partial charge in [-0.1, -0.05) is 283 Å². The molecule has 1 aliphatic heterocycles. The first kappa shape index (κ1) is 88.3. The van der Waals surface area contributed by atoms with Crippen molar-refractivity contribution >= 4 is 49.7 Å². The zero-order valence-electron chi connectivity index (χ0n) is 78.0. The summed E-state index contributed by atoms with van der Waals surface area (Å²) in [5, 5.41) is 1.28. The van der Waals surface area contributed by atoms with Crippen LogP contribution in [0.2, 0.25) is 0 Å². The number of para-hydroxylation sites is 7. The molecule has 0 aliphatic carbocycles. The number of aryl methyl sites for hydroxylation is 9. The summed E-state index contributed by atoms with van der Waals surface area (Å²) >= 11 is 0. The molecule has 0 fully saturated rings. The van der Waals surface area contributed by atoms with Crippen LogP contribution in [0.5, 0.6) is 0 Å². The van der Waals surface area contributed by atoms with Crippen molar-refractivity contribution in [2.24, 2.45) is 28.2 Å². The molecule has 634 valence electrons. The molecule has 10 heteroatoms. The van der Waals surface area contributed by atoms with Crippen LogP contribution in [0, 0.1) is 34.6 Å². The maximum atomic E-state index is 4.48. The van der Waals surface area contributed by atoms with Crippen molar-refractivity contribution in [2.45, 2.75) is 166 Å². The standard InChI is InChI=1S/C33H35N2.C27H31N2.C26H30N3.C17H16N.C12H16N2/c1-22(2)27-17-12-18-28(23(3)4)32(27)35-31-21-26(25-14-8-7-9-15-25)19-20-30(31)34(6)33(35)29-16-11-10-13-24(29)5;1-18(2)21-14-11-15-22(19(3)4)26(21)29-25-17-10-9-16-24(25)28(6)27(29)23-13-8-7-12-20(23)5;1-17(2)20-12-9-13-21(18(3)4)25(20)29-24-16-27-15-14-23(24)28(6)26(29)22-11-8-7-10-19(22)5;1-13-7-3-5-9-15(13)17-12-11-14-8-4-6-10-16(14)18(17)2;1-10-6-4-5-7-12(10)14-9-8-13(3)11(14)2/h7-23H,1-6H3;7-19H,1-6H3;7-18H,1-6H3;3-12H,1-2H3;4-9,11H,1-3H3/q4*+1;/t;;;;11-/m....0/s1. The predicted octanol–water partition coefficient (Wildman–Crippen LogP) is 27.3. The average molecular weight is 1650 g/mol. The van der Waals surface area contributed by atoms with Crippen molar-refractivity contribution < 1.29 is 18.3 Å². The van der Waals surface area contributed by atoms with E-state index in [2.05, 4.69) is 510 Å². The van der Waals surface area contributed by atoms with E-state index < -0.39 is 0 Å². The van der Waals surface area contributed by atoms with E-state index in [9.17, 15) is 0 Å². The minimum absolute atomic E-state index is 0.411. The van der Waals surface area contributed by atoms with Gasteiger partial charge in [0, 0.05) is 93.9 Å². The third kappa shape index (κ3) is 17.8. The molecule has 1 aliphatic rings. The Morgan fingerprint density at radius 3 is 1.10 bits per heavy atom. The van der Waals surface area contributed by atoms with Crippen molar-refractivity contribution in [1.82, 2.24) is 23.6 Å². The monoisotopic (exact) mass is 1650 g/mol. The molecule has 6 heterocycles. The first-order valence-corrected chi connectivity index (χ1v) is 44.9. The molecule has 0 N–H and O–H groups in total. The molecule has 0 saturated heterocycles. The number of rotatable bonds is 15. The summed E-state index contributed by atoms with van der Waals surface area (Å²) in [5.41, 5.74) is 37.4. The highest BCUT2D eigenvalue weighted by molar-refractivity contribution is 5.87. The fraction of sp³-hybridized carbons (Fsp3) is 0.261. The quantitative estimate of drug-likeness (QED) is 0.0961. The minimum atomic E-state index is 0.411. The van der Waals surface area contributed by atoms with Gasteiger partial charge >= 0.3 is 0 Å². The lowest BCUT2D eigenvalue weighted by atomic mass is 9.92. The summed E-state index contributed by atoms with van der Waals surface area (Å²) in [5.74, 6) is 6.21. The molecule has 10 nitrogen and oxygen atoms in total. The van der Waals surface area contributed by atoms with Crippen LogP contribution in [0.1, 0.15) is 187 Å². The second-order valence-corrected chi connectivity index (χ2v) is 35.7. The van der Waals surface area contributed by atoms with E-state index >= 15 is 0 Å². The summed E-state index contributed by atoms with van der Waals surface area (Å²) in [6, 6.07) is 105. The molecule has 0 spiro atoms. The summed E-state index contributed by atoms with van der Waals surface area (Å²) in [7, 11) is 10.8. The van der Waals surface area contributed by atoms with Gasteiger partial charge in [0.2, 0.25) is 11.2 Å². The normalized spacial score (nSPS) is 12.6. The Labute approximate surface area is 744 Å². The molecule has 0 unspecified atom stereocenters. The Balaban J connectivity index is 0.000000131. The molecule has 0 saturated carbocycles. The number of nitrogens with zero attached hydrogens (tertiary/aromatic N) is 10. The zero-order chi connectivity index (χ0) is 88.8. The Hall–Kier alpha value is -13.1. The number of pyridine rings is 2. The van der Waals surface area contributed by atoms with Crippen LogP contribution in [-0.4, -0.2) is 36.8 Å². The molecule has 0 radical (unpaired) electrons. The largest absolute Gasteiger partial charge is 0.359 e. The smallest absolute Gasteiger partial charge is 0.295 e. The van der Waals surface area contributed by atoms with Crippen molar-refractivity contribution in [1.29, 1.82) is 0 Å². The van der Waals surface area contributed by atoms with Gasteiger partial charge in [0.25, 0.3) is 17.5 Å². The van der Waals surface area contributed by atoms with E-state index in [1.54, 1.807) is 0 Å². The van der Waals surface area contributed by atoms with Crippen LogP contribution in [0.25, 0.3) is 118 Å². The van der Waals surface area contributed by atoms with Crippen LogP contribution in [0.4, 0.5) is 5.69 Å². The number of anilines is 1. The van der Waals surface area contributed by atoms with Gasteiger partial charge in [-0.2, -0.15) is 18.3 Å². The molecule has 12 aromatic carbocycles. The highest BCUT2D eigenvalue weighted by Crippen LogP contribution is 2.43. The van der Waals surface area contributed by atoms with Gasteiger partial charge in [0.15, 0.2) is 33.1 Å². The van der Waals surface area contributed by atoms with Gasteiger partial charge in [-0.15, -0.1) is 0 Å². The summed E-state index contributed by atoms with van der Waals surface area (Å²) in [6.45, 7) is 40.6. The molecule has 125 heavy (non-hydrogen) atoms. The van der Waals surface area contributed by atoms with Crippen LogP contribution in [0.15, 0.2) is 316 Å². The lowest BCUT2D eigenvalue weighted by Gasteiger charge is -2.28. The molecule has 18 rings (SSSR count).